The van der Waals surface area contributed by atoms with E-state index in [0.717, 1.165) is 49.6 Å². The number of carbonyl (C=O) groups is 1. The van der Waals surface area contributed by atoms with E-state index in [2.05, 4.69) is 37.6 Å². The normalized spacial score (nSPS) is 16.1. The minimum atomic E-state index is -0.721. The van der Waals surface area contributed by atoms with Crippen molar-refractivity contribution >= 4 is 55.6 Å². The van der Waals surface area contributed by atoms with Crippen LogP contribution >= 0.6 is 11.3 Å². The van der Waals surface area contributed by atoms with Crippen molar-refractivity contribution in [1.82, 2.24) is 20.2 Å². The number of nitrogens with zero attached hydrogens (tertiary/aromatic N) is 4. The number of nitrogens with one attached hydrogen (secondary N) is 2. The molecule has 9 heteroatoms. The molecule has 4 aromatic rings. The summed E-state index contributed by atoms with van der Waals surface area (Å²) in [7, 11) is 3.99. The van der Waals surface area contributed by atoms with E-state index in [0.29, 0.717) is 12.8 Å². The molecule has 3 N–H and O–H groups in total. The van der Waals surface area contributed by atoms with Gasteiger partial charge in [0.25, 0.3) is 0 Å². The molecule has 0 saturated carbocycles. The molecule has 3 aromatic heterocycles. The van der Waals surface area contributed by atoms with E-state index in [9.17, 15) is 9.90 Å². The van der Waals surface area contributed by atoms with Gasteiger partial charge in [-0.2, -0.15) is 5.10 Å². The third kappa shape index (κ3) is 2.98. The van der Waals surface area contributed by atoms with Crippen molar-refractivity contribution in [1.29, 1.82) is 0 Å². The summed E-state index contributed by atoms with van der Waals surface area (Å²) in [6.07, 6.45) is 5.30. The van der Waals surface area contributed by atoms with E-state index < -0.39 is 5.97 Å². The molecule has 0 bridgehead atoms. The molecule has 0 fully saturated rings. The quantitative estimate of drug-likeness (QED) is 0.474. The van der Waals surface area contributed by atoms with Gasteiger partial charge in [0.05, 0.1) is 34.4 Å². The molecule has 8 nitrogen and oxygen atoms in total. The average molecular weight is 408 g/mol. The van der Waals surface area contributed by atoms with Crippen LogP contribution in [-0.4, -0.2) is 45.3 Å². The van der Waals surface area contributed by atoms with E-state index in [4.69, 9.17) is 0 Å². The molecule has 29 heavy (non-hydrogen) atoms. The Labute approximate surface area is 170 Å². The molecule has 3 heterocycles. The Hall–Kier alpha value is -3.20. The summed E-state index contributed by atoms with van der Waals surface area (Å²) in [5.41, 5.74) is 4.10. The van der Waals surface area contributed by atoms with Crippen LogP contribution in [0.15, 0.2) is 24.7 Å². The molecule has 1 atom stereocenters. The molecule has 0 saturated heterocycles. The average Bonchev–Trinajstić information content (AvgIpc) is 3.30. The van der Waals surface area contributed by atoms with Gasteiger partial charge in [0.1, 0.15) is 17.0 Å². The van der Waals surface area contributed by atoms with E-state index in [1.165, 1.54) is 5.56 Å². The Kier molecular flexibility index (Phi) is 4.13. The highest BCUT2D eigenvalue weighted by Crippen LogP contribution is 2.41. The predicted molar refractivity (Wildman–Crippen MR) is 114 cm³/mol. The van der Waals surface area contributed by atoms with Gasteiger partial charge in [-0.25, -0.2) is 9.97 Å². The summed E-state index contributed by atoms with van der Waals surface area (Å²) < 4.78 is 0. The number of fused-ring (bicyclic) bond motifs is 4. The van der Waals surface area contributed by atoms with Gasteiger partial charge in [-0.15, -0.1) is 11.3 Å². The Bertz CT molecular complexity index is 1240. The third-order valence-corrected chi connectivity index (χ3v) is 6.65. The van der Waals surface area contributed by atoms with Crippen LogP contribution < -0.4 is 10.2 Å². The van der Waals surface area contributed by atoms with Crippen LogP contribution in [0.25, 0.3) is 21.1 Å². The highest BCUT2D eigenvalue weighted by molar-refractivity contribution is 7.19. The number of rotatable bonds is 4. The Morgan fingerprint density at radius 2 is 2.21 bits per heavy atom. The van der Waals surface area contributed by atoms with Crippen molar-refractivity contribution in [3.63, 3.8) is 0 Å². The molecule has 0 spiro atoms. The van der Waals surface area contributed by atoms with Crippen molar-refractivity contribution in [2.75, 3.05) is 24.3 Å². The van der Waals surface area contributed by atoms with E-state index in [1.54, 1.807) is 23.9 Å². The lowest BCUT2D eigenvalue weighted by Crippen LogP contribution is -2.21. The molecule has 0 amide bonds. The number of aromatic amines is 1. The monoisotopic (exact) mass is 408 g/mol. The Morgan fingerprint density at radius 1 is 1.34 bits per heavy atom. The number of aliphatic carboxylic acids is 1. The van der Waals surface area contributed by atoms with Crippen LogP contribution in [0.1, 0.15) is 16.9 Å². The molecule has 1 aromatic carbocycles. The van der Waals surface area contributed by atoms with Crippen LogP contribution in [0.3, 0.4) is 0 Å². The number of anilines is 3. The SMILES string of the molecule is CN(C)c1cc2[nH]ncc2cc1Nc1ncnc2sc3c(c12)CCC(C(=O)O)C3. The fraction of sp³-hybridized carbons (Fsp3) is 0.300. The number of carboxylic acid groups (broad SMARTS) is 1. The van der Waals surface area contributed by atoms with Gasteiger partial charge in [0, 0.05) is 24.4 Å². The number of benzene rings is 1. The van der Waals surface area contributed by atoms with Crippen molar-refractivity contribution in [2.45, 2.75) is 19.3 Å². The zero-order valence-electron chi connectivity index (χ0n) is 16.1. The Morgan fingerprint density at radius 3 is 3.00 bits per heavy atom. The number of carboxylic acids is 1. The standard InChI is InChI=1S/C20H20N6O2S/c1-26(2)15-7-13-11(8-23-25-13)5-14(15)24-18-17-12-4-3-10(20(27)28)6-16(12)29-19(17)22-9-21-18/h5,7-10H,3-4,6H2,1-2H3,(H,23,25)(H,27,28)(H,21,22,24). The number of aromatic nitrogens is 4. The van der Waals surface area contributed by atoms with Gasteiger partial charge < -0.3 is 15.3 Å². The molecule has 0 radical (unpaired) electrons. The first-order chi connectivity index (χ1) is 14.0. The summed E-state index contributed by atoms with van der Waals surface area (Å²) in [4.78, 5) is 24.5. The lowest BCUT2D eigenvalue weighted by atomic mass is 9.88. The lowest BCUT2D eigenvalue weighted by molar-refractivity contribution is -0.142. The van der Waals surface area contributed by atoms with E-state index in [-0.39, 0.29) is 5.92 Å². The highest BCUT2D eigenvalue weighted by atomic mass is 32.1. The minimum absolute atomic E-state index is 0.316. The van der Waals surface area contributed by atoms with Crippen LogP contribution in [0.4, 0.5) is 17.2 Å². The maximum absolute atomic E-state index is 11.4. The molecular formula is C20H20N6O2S. The first kappa shape index (κ1) is 17.9. The highest BCUT2D eigenvalue weighted by Gasteiger charge is 2.29. The van der Waals surface area contributed by atoms with Crippen LogP contribution in [-0.2, 0) is 17.6 Å². The van der Waals surface area contributed by atoms with Crippen molar-refractivity contribution < 1.29 is 9.90 Å². The molecule has 0 aliphatic heterocycles. The first-order valence-corrected chi connectivity index (χ1v) is 10.2. The van der Waals surface area contributed by atoms with Crippen LogP contribution in [0.5, 0.6) is 0 Å². The van der Waals surface area contributed by atoms with Gasteiger partial charge in [0.15, 0.2) is 0 Å². The second kappa shape index (κ2) is 6.70. The van der Waals surface area contributed by atoms with Gasteiger partial charge in [0.2, 0.25) is 0 Å². The maximum Gasteiger partial charge on any atom is 0.306 e. The summed E-state index contributed by atoms with van der Waals surface area (Å²) >= 11 is 1.58. The largest absolute Gasteiger partial charge is 0.481 e. The van der Waals surface area contributed by atoms with Gasteiger partial charge >= 0.3 is 5.97 Å². The van der Waals surface area contributed by atoms with E-state index >= 15 is 0 Å². The molecule has 1 aliphatic rings. The molecule has 1 aliphatic carbocycles. The number of thiophene rings is 1. The van der Waals surface area contributed by atoms with Crippen LogP contribution in [0.2, 0.25) is 0 Å². The molecular weight excluding hydrogens is 388 g/mol. The number of H-pyrrole nitrogens is 1. The predicted octanol–water partition coefficient (Wildman–Crippen LogP) is 3.57. The summed E-state index contributed by atoms with van der Waals surface area (Å²) in [6.45, 7) is 0. The molecule has 5 rings (SSSR count). The summed E-state index contributed by atoms with van der Waals surface area (Å²) in [5.74, 6) is -0.280. The fourth-order valence-corrected chi connectivity index (χ4v) is 5.26. The lowest BCUT2D eigenvalue weighted by Gasteiger charge is -2.20. The van der Waals surface area contributed by atoms with Crippen molar-refractivity contribution in [3.8, 4) is 0 Å². The van der Waals surface area contributed by atoms with Crippen LogP contribution in [0, 0.1) is 5.92 Å². The molecule has 148 valence electrons. The van der Waals surface area contributed by atoms with Gasteiger partial charge in [-0.05, 0) is 37.0 Å². The maximum atomic E-state index is 11.4. The second-order valence-electron chi connectivity index (χ2n) is 7.53. The van der Waals surface area contributed by atoms with Gasteiger partial charge in [-0.1, -0.05) is 0 Å². The minimum Gasteiger partial charge on any atom is -0.481 e. The van der Waals surface area contributed by atoms with E-state index in [1.807, 2.05) is 19.0 Å². The van der Waals surface area contributed by atoms with Crippen molar-refractivity contribution in [3.05, 3.63) is 35.1 Å². The number of aryl methyl sites for hydroxylation is 1. The topological polar surface area (TPSA) is 107 Å². The summed E-state index contributed by atoms with van der Waals surface area (Å²) in [5, 5.41) is 22.1. The zero-order valence-corrected chi connectivity index (χ0v) is 16.9. The van der Waals surface area contributed by atoms with Gasteiger partial charge in [-0.3, -0.25) is 9.89 Å². The summed E-state index contributed by atoms with van der Waals surface area (Å²) in [6, 6.07) is 4.12. The van der Waals surface area contributed by atoms with Crippen molar-refractivity contribution in [2.24, 2.45) is 5.92 Å². The fourth-order valence-electron chi connectivity index (χ4n) is 3.99. The first-order valence-electron chi connectivity index (χ1n) is 9.41. The number of hydrogen-bond acceptors (Lipinski definition) is 7. The smallest absolute Gasteiger partial charge is 0.306 e. The molecule has 1 unspecified atom stereocenters. The third-order valence-electron chi connectivity index (χ3n) is 5.49. The Balaban J connectivity index is 1.61. The zero-order chi connectivity index (χ0) is 20.1. The number of hydrogen-bond donors (Lipinski definition) is 3. The second-order valence-corrected chi connectivity index (χ2v) is 8.61.